The SMILES string of the molecule is COc1ccc(NC(=S)NCc2ccc(OC3CCN(C)CC3)cc2)cc1. The lowest BCUT2D eigenvalue weighted by Gasteiger charge is -2.29. The summed E-state index contributed by atoms with van der Waals surface area (Å²) in [6.45, 7) is 2.87. The lowest BCUT2D eigenvalue weighted by Crippen LogP contribution is -2.35. The molecule has 1 aliphatic heterocycles. The molecule has 0 amide bonds. The number of nitrogens with one attached hydrogen (secondary N) is 2. The van der Waals surface area contributed by atoms with Gasteiger partial charge in [0.1, 0.15) is 17.6 Å². The van der Waals surface area contributed by atoms with Crippen molar-refractivity contribution in [1.82, 2.24) is 10.2 Å². The summed E-state index contributed by atoms with van der Waals surface area (Å²) in [5.74, 6) is 1.76. The molecule has 0 bridgehead atoms. The minimum Gasteiger partial charge on any atom is -0.497 e. The Labute approximate surface area is 166 Å². The van der Waals surface area contributed by atoms with E-state index in [0.29, 0.717) is 17.8 Å². The van der Waals surface area contributed by atoms with E-state index in [1.54, 1.807) is 7.11 Å². The van der Waals surface area contributed by atoms with Crippen LogP contribution in [0.4, 0.5) is 5.69 Å². The topological polar surface area (TPSA) is 45.8 Å². The van der Waals surface area contributed by atoms with Crippen molar-refractivity contribution >= 4 is 23.0 Å². The highest BCUT2D eigenvalue weighted by Crippen LogP contribution is 2.19. The van der Waals surface area contributed by atoms with E-state index >= 15 is 0 Å². The summed E-state index contributed by atoms with van der Waals surface area (Å²) in [6.07, 6.45) is 2.50. The Bertz CT molecular complexity index is 726. The van der Waals surface area contributed by atoms with Crippen molar-refractivity contribution in [3.8, 4) is 11.5 Å². The molecule has 1 fully saturated rings. The maximum atomic E-state index is 6.09. The molecule has 1 heterocycles. The molecule has 0 atom stereocenters. The number of ether oxygens (including phenoxy) is 2. The van der Waals surface area contributed by atoms with Gasteiger partial charge in [0.2, 0.25) is 0 Å². The van der Waals surface area contributed by atoms with Gasteiger partial charge in [-0.2, -0.15) is 0 Å². The van der Waals surface area contributed by atoms with Crippen LogP contribution < -0.4 is 20.1 Å². The first-order chi connectivity index (χ1) is 13.1. The van der Waals surface area contributed by atoms with E-state index in [2.05, 4.69) is 34.7 Å². The third-order valence-corrected chi connectivity index (χ3v) is 4.94. The Balaban J connectivity index is 1.43. The lowest BCUT2D eigenvalue weighted by atomic mass is 10.1. The predicted octanol–water partition coefficient (Wildman–Crippen LogP) is 3.65. The van der Waals surface area contributed by atoms with E-state index in [0.717, 1.165) is 48.7 Å². The molecular formula is C21H27N3O2S. The van der Waals surface area contributed by atoms with Crippen LogP contribution in [0.2, 0.25) is 0 Å². The molecule has 0 saturated carbocycles. The molecule has 27 heavy (non-hydrogen) atoms. The van der Waals surface area contributed by atoms with Gasteiger partial charge in [-0.1, -0.05) is 12.1 Å². The summed E-state index contributed by atoms with van der Waals surface area (Å²) in [5.41, 5.74) is 2.08. The van der Waals surface area contributed by atoms with Crippen molar-refractivity contribution in [1.29, 1.82) is 0 Å². The van der Waals surface area contributed by atoms with E-state index in [1.165, 1.54) is 0 Å². The number of likely N-dealkylation sites (tertiary alicyclic amines) is 1. The van der Waals surface area contributed by atoms with Gasteiger partial charge in [0.05, 0.1) is 7.11 Å². The number of hydrogen-bond acceptors (Lipinski definition) is 4. The van der Waals surface area contributed by atoms with E-state index in [4.69, 9.17) is 21.7 Å². The van der Waals surface area contributed by atoms with Gasteiger partial charge in [0, 0.05) is 25.3 Å². The molecule has 144 valence electrons. The van der Waals surface area contributed by atoms with Crippen LogP contribution in [0.25, 0.3) is 0 Å². The van der Waals surface area contributed by atoms with Gasteiger partial charge in [-0.15, -0.1) is 0 Å². The fourth-order valence-electron chi connectivity index (χ4n) is 3.01. The van der Waals surface area contributed by atoms with Gasteiger partial charge in [0.25, 0.3) is 0 Å². The van der Waals surface area contributed by atoms with Crippen LogP contribution in [0, 0.1) is 0 Å². The molecule has 0 unspecified atom stereocenters. The maximum absolute atomic E-state index is 6.09. The summed E-state index contributed by atoms with van der Waals surface area (Å²) in [7, 11) is 3.81. The zero-order valence-electron chi connectivity index (χ0n) is 15.9. The van der Waals surface area contributed by atoms with Crippen molar-refractivity contribution in [2.75, 3.05) is 32.6 Å². The van der Waals surface area contributed by atoms with E-state index < -0.39 is 0 Å². The number of rotatable bonds is 6. The first-order valence-corrected chi connectivity index (χ1v) is 9.66. The third-order valence-electron chi connectivity index (χ3n) is 4.69. The highest BCUT2D eigenvalue weighted by molar-refractivity contribution is 7.80. The molecule has 6 heteroatoms. The number of anilines is 1. The number of benzene rings is 2. The molecule has 1 saturated heterocycles. The van der Waals surface area contributed by atoms with Crippen LogP contribution in [-0.2, 0) is 6.54 Å². The Morgan fingerprint density at radius 1 is 1.04 bits per heavy atom. The molecule has 0 spiro atoms. The second-order valence-electron chi connectivity index (χ2n) is 6.80. The minimum absolute atomic E-state index is 0.325. The van der Waals surface area contributed by atoms with Crippen LogP contribution in [-0.4, -0.2) is 43.4 Å². The van der Waals surface area contributed by atoms with Crippen molar-refractivity contribution in [3.05, 3.63) is 54.1 Å². The van der Waals surface area contributed by atoms with Gasteiger partial charge in [-0.3, -0.25) is 0 Å². The van der Waals surface area contributed by atoms with Gasteiger partial charge >= 0.3 is 0 Å². The first kappa shape index (κ1) is 19.5. The van der Waals surface area contributed by atoms with Crippen molar-refractivity contribution in [3.63, 3.8) is 0 Å². The molecule has 2 aromatic rings. The molecule has 0 radical (unpaired) electrons. The van der Waals surface area contributed by atoms with E-state index in [1.807, 2.05) is 36.4 Å². The lowest BCUT2D eigenvalue weighted by molar-refractivity contribution is 0.114. The molecule has 2 N–H and O–H groups in total. The fraction of sp³-hybridized carbons (Fsp3) is 0.381. The Morgan fingerprint density at radius 2 is 1.67 bits per heavy atom. The van der Waals surface area contributed by atoms with Crippen LogP contribution >= 0.6 is 12.2 Å². The molecule has 5 nitrogen and oxygen atoms in total. The number of hydrogen-bond donors (Lipinski definition) is 2. The van der Waals surface area contributed by atoms with Gasteiger partial charge in [0.15, 0.2) is 5.11 Å². The smallest absolute Gasteiger partial charge is 0.171 e. The minimum atomic E-state index is 0.325. The van der Waals surface area contributed by atoms with Crippen molar-refractivity contribution < 1.29 is 9.47 Å². The zero-order chi connectivity index (χ0) is 19.1. The summed E-state index contributed by atoms with van der Waals surface area (Å²) in [5, 5.41) is 6.98. The Morgan fingerprint density at radius 3 is 2.30 bits per heavy atom. The van der Waals surface area contributed by atoms with E-state index in [-0.39, 0.29) is 0 Å². The highest BCUT2D eigenvalue weighted by Gasteiger charge is 2.17. The molecule has 2 aromatic carbocycles. The molecule has 0 aromatic heterocycles. The second kappa shape index (κ2) is 9.58. The van der Waals surface area contributed by atoms with Crippen molar-refractivity contribution in [2.45, 2.75) is 25.5 Å². The van der Waals surface area contributed by atoms with Crippen LogP contribution in [0.5, 0.6) is 11.5 Å². The quantitative estimate of drug-likeness (QED) is 0.740. The second-order valence-corrected chi connectivity index (χ2v) is 7.21. The normalized spacial score (nSPS) is 15.2. The Kier molecular flexibility index (Phi) is 6.90. The number of methoxy groups -OCH3 is 1. The summed E-state index contributed by atoms with van der Waals surface area (Å²) in [4.78, 5) is 2.34. The molecule has 1 aliphatic rings. The summed E-state index contributed by atoms with van der Waals surface area (Å²) >= 11 is 5.36. The molecular weight excluding hydrogens is 358 g/mol. The molecule has 0 aliphatic carbocycles. The monoisotopic (exact) mass is 385 g/mol. The molecule has 3 rings (SSSR count). The number of nitrogens with zero attached hydrogens (tertiary/aromatic N) is 1. The standard InChI is InChI=1S/C21H27N3O2S/c1-24-13-11-20(12-14-24)26-19-7-3-16(4-8-19)15-22-21(27)23-17-5-9-18(25-2)10-6-17/h3-10,20H,11-15H2,1-2H3,(H2,22,23,27). The van der Waals surface area contributed by atoms with Crippen LogP contribution in [0.15, 0.2) is 48.5 Å². The number of piperidine rings is 1. The van der Waals surface area contributed by atoms with Crippen molar-refractivity contribution in [2.24, 2.45) is 0 Å². The first-order valence-electron chi connectivity index (χ1n) is 9.25. The summed E-state index contributed by atoms with van der Waals surface area (Å²) in [6, 6.07) is 15.9. The fourth-order valence-corrected chi connectivity index (χ4v) is 3.20. The van der Waals surface area contributed by atoms with Gasteiger partial charge in [-0.25, -0.2) is 0 Å². The van der Waals surface area contributed by atoms with Crippen LogP contribution in [0.3, 0.4) is 0 Å². The summed E-state index contributed by atoms with van der Waals surface area (Å²) < 4.78 is 11.2. The maximum Gasteiger partial charge on any atom is 0.171 e. The highest BCUT2D eigenvalue weighted by atomic mass is 32.1. The van der Waals surface area contributed by atoms with Crippen LogP contribution in [0.1, 0.15) is 18.4 Å². The average Bonchev–Trinajstić information content (AvgIpc) is 2.70. The van der Waals surface area contributed by atoms with Gasteiger partial charge < -0.3 is 25.0 Å². The number of thiocarbonyl (C=S) groups is 1. The Hall–Kier alpha value is -2.31. The average molecular weight is 386 g/mol. The zero-order valence-corrected chi connectivity index (χ0v) is 16.7. The van der Waals surface area contributed by atoms with Gasteiger partial charge in [-0.05, 0) is 74.1 Å². The van der Waals surface area contributed by atoms with E-state index in [9.17, 15) is 0 Å². The third kappa shape index (κ3) is 6.12. The predicted molar refractivity (Wildman–Crippen MR) is 114 cm³/mol. The largest absolute Gasteiger partial charge is 0.497 e.